The molecule has 0 unspecified atom stereocenters. The molecule has 0 spiro atoms. The van der Waals surface area contributed by atoms with Crippen LogP contribution in [0, 0.1) is 0 Å². The smallest absolute Gasteiger partial charge is 0.156 e. The average Bonchev–Trinajstić information content (AvgIpc) is 2.45. The van der Waals surface area contributed by atoms with Crippen molar-refractivity contribution in [3.63, 3.8) is 0 Å². The van der Waals surface area contributed by atoms with Crippen molar-refractivity contribution in [2.24, 2.45) is 0 Å². The highest BCUT2D eigenvalue weighted by molar-refractivity contribution is 5.92. The van der Waals surface area contributed by atoms with Gasteiger partial charge in [-0.15, -0.1) is 0 Å². The molecule has 2 nitrogen and oxygen atoms in total. The van der Waals surface area contributed by atoms with Crippen LogP contribution in [0.3, 0.4) is 0 Å². The first-order valence-electron chi connectivity index (χ1n) is 6.93. The summed E-state index contributed by atoms with van der Waals surface area (Å²) in [4.78, 5) is 11.7. The Kier molecular flexibility index (Phi) is 3.31. The molecule has 0 fully saturated rings. The Balaban J connectivity index is 1.97. The second-order valence-corrected chi connectivity index (χ2v) is 5.53. The van der Waals surface area contributed by atoms with Crippen LogP contribution in [0.15, 0.2) is 48.0 Å². The van der Waals surface area contributed by atoms with Gasteiger partial charge in [0.25, 0.3) is 0 Å². The molecule has 3 rings (SSSR count). The number of carbonyl (C=O) groups excluding carboxylic acids is 1. The van der Waals surface area contributed by atoms with E-state index in [1.54, 1.807) is 13.2 Å². The first-order chi connectivity index (χ1) is 9.65. The molecule has 2 aromatic carbocycles. The van der Waals surface area contributed by atoms with Gasteiger partial charge in [0.15, 0.2) is 5.78 Å². The van der Waals surface area contributed by atoms with Crippen molar-refractivity contribution in [1.82, 2.24) is 0 Å². The quantitative estimate of drug-likeness (QED) is 0.812. The fourth-order valence-corrected chi connectivity index (χ4v) is 2.96. The predicted octanol–water partition coefficient (Wildman–Crippen LogP) is 4.24. The summed E-state index contributed by atoms with van der Waals surface area (Å²) in [5.74, 6) is 1.43. The van der Waals surface area contributed by atoms with Gasteiger partial charge in [-0.2, -0.15) is 0 Å². The van der Waals surface area contributed by atoms with E-state index in [9.17, 15) is 4.79 Å². The molecule has 0 heterocycles. The molecule has 1 atom stereocenters. The summed E-state index contributed by atoms with van der Waals surface area (Å²) in [5, 5.41) is 2.37. The van der Waals surface area contributed by atoms with E-state index in [-0.39, 0.29) is 5.78 Å². The van der Waals surface area contributed by atoms with Crippen LogP contribution in [-0.4, -0.2) is 12.9 Å². The van der Waals surface area contributed by atoms with Crippen molar-refractivity contribution in [3.8, 4) is 5.75 Å². The lowest BCUT2D eigenvalue weighted by atomic mass is 9.83. The van der Waals surface area contributed by atoms with Gasteiger partial charge in [-0.05, 0) is 53.8 Å². The number of hydrogen-bond donors (Lipinski definition) is 0. The predicted molar refractivity (Wildman–Crippen MR) is 81.2 cm³/mol. The van der Waals surface area contributed by atoms with Crippen LogP contribution >= 0.6 is 0 Å². The van der Waals surface area contributed by atoms with Crippen LogP contribution in [0.1, 0.15) is 31.2 Å². The molecule has 0 saturated heterocycles. The minimum Gasteiger partial charge on any atom is -0.497 e. The van der Waals surface area contributed by atoms with Crippen molar-refractivity contribution < 1.29 is 9.53 Å². The SMILES string of the molecule is COc1ccc2cc([C@H]3CC(=O)C=C(C)C3)ccc2c1. The number of allylic oxidation sites excluding steroid dienone is 2. The summed E-state index contributed by atoms with van der Waals surface area (Å²) in [7, 11) is 1.68. The van der Waals surface area contributed by atoms with E-state index in [2.05, 4.69) is 24.3 Å². The summed E-state index contributed by atoms with van der Waals surface area (Å²) < 4.78 is 5.24. The van der Waals surface area contributed by atoms with Gasteiger partial charge in [-0.25, -0.2) is 0 Å². The molecule has 0 N–H and O–H groups in total. The molecule has 0 aromatic heterocycles. The Morgan fingerprint density at radius 3 is 2.55 bits per heavy atom. The summed E-state index contributed by atoms with van der Waals surface area (Å²) in [6, 6.07) is 12.5. The Labute approximate surface area is 119 Å². The van der Waals surface area contributed by atoms with Crippen LogP contribution in [0.25, 0.3) is 10.8 Å². The monoisotopic (exact) mass is 266 g/mol. The second kappa shape index (κ2) is 5.12. The lowest BCUT2D eigenvalue weighted by Crippen LogP contribution is -2.11. The van der Waals surface area contributed by atoms with Crippen molar-refractivity contribution in [3.05, 3.63) is 53.6 Å². The highest BCUT2D eigenvalue weighted by atomic mass is 16.5. The van der Waals surface area contributed by atoms with E-state index < -0.39 is 0 Å². The van der Waals surface area contributed by atoms with Crippen LogP contribution < -0.4 is 4.74 Å². The van der Waals surface area contributed by atoms with E-state index in [1.165, 1.54) is 21.9 Å². The second-order valence-electron chi connectivity index (χ2n) is 5.53. The number of ketones is 1. The fourth-order valence-electron chi connectivity index (χ4n) is 2.96. The molecule has 20 heavy (non-hydrogen) atoms. The molecular formula is C18H18O2. The summed E-state index contributed by atoms with van der Waals surface area (Å²) >= 11 is 0. The highest BCUT2D eigenvalue weighted by Crippen LogP contribution is 2.33. The number of benzene rings is 2. The maximum Gasteiger partial charge on any atom is 0.156 e. The zero-order valence-electron chi connectivity index (χ0n) is 11.8. The standard InChI is InChI=1S/C18H18O2/c1-12-7-16(10-17(19)8-12)14-3-4-15-11-18(20-2)6-5-13(15)9-14/h3-6,8-9,11,16H,7,10H2,1-2H3/t16-/m1/s1. The molecule has 2 aromatic rings. The van der Waals surface area contributed by atoms with E-state index in [0.29, 0.717) is 12.3 Å². The number of fused-ring (bicyclic) bond motifs is 1. The topological polar surface area (TPSA) is 26.3 Å². The third-order valence-electron chi connectivity index (χ3n) is 3.97. The largest absolute Gasteiger partial charge is 0.497 e. The minimum absolute atomic E-state index is 0.244. The third kappa shape index (κ3) is 2.46. The summed E-state index contributed by atoms with van der Waals surface area (Å²) in [5.41, 5.74) is 2.43. The summed E-state index contributed by atoms with van der Waals surface area (Å²) in [6.07, 6.45) is 3.38. The van der Waals surface area contributed by atoms with Crippen LogP contribution in [0.5, 0.6) is 5.75 Å². The molecule has 0 amide bonds. The van der Waals surface area contributed by atoms with Crippen molar-refractivity contribution >= 4 is 16.6 Å². The fraction of sp³-hybridized carbons (Fsp3) is 0.278. The Bertz CT molecular complexity index is 698. The van der Waals surface area contributed by atoms with Gasteiger partial charge < -0.3 is 4.74 Å². The van der Waals surface area contributed by atoms with Crippen LogP contribution in [0.4, 0.5) is 0 Å². The normalized spacial score (nSPS) is 19.0. The van der Waals surface area contributed by atoms with E-state index in [0.717, 1.165) is 12.2 Å². The average molecular weight is 266 g/mol. The summed E-state index contributed by atoms with van der Waals surface area (Å²) in [6.45, 7) is 2.04. The molecule has 0 saturated carbocycles. The third-order valence-corrected chi connectivity index (χ3v) is 3.97. The van der Waals surface area contributed by atoms with Crippen LogP contribution in [-0.2, 0) is 4.79 Å². The van der Waals surface area contributed by atoms with Crippen molar-refractivity contribution in [1.29, 1.82) is 0 Å². The minimum atomic E-state index is 0.244. The molecular weight excluding hydrogens is 248 g/mol. The Morgan fingerprint density at radius 1 is 1.05 bits per heavy atom. The molecule has 0 aliphatic heterocycles. The van der Waals surface area contributed by atoms with Gasteiger partial charge in [-0.3, -0.25) is 4.79 Å². The maximum absolute atomic E-state index is 11.7. The Hall–Kier alpha value is -2.09. The molecule has 1 aliphatic rings. The van der Waals surface area contributed by atoms with Crippen LogP contribution in [0.2, 0.25) is 0 Å². The number of hydrogen-bond acceptors (Lipinski definition) is 2. The number of rotatable bonds is 2. The van der Waals surface area contributed by atoms with Gasteiger partial charge in [0, 0.05) is 6.42 Å². The zero-order valence-corrected chi connectivity index (χ0v) is 11.8. The van der Waals surface area contributed by atoms with E-state index in [4.69, 9.17) is 4.74 Å². The van der Waals surface area contributed by atoms with Gasteiger partial charge in [0.1, 0.15) is 5.75 Å². The zero-order chi connectivity index (χ0) is 14.1. The van der Waals surface area contributed by atoms with Gasteiger partial charge >= 0.3 is 0 Å². The van der Waals surface area contributed by atoms with Crippen molar-refractivity contribution in [2.75, 3.05) is 7.11 Å². The lowest BCUT2D eigenvalue weighted by Gasteiger charge is -2.21. The Morgan fingerprint density at radius 2 is 1.80 bits per heavy atom. The van der Waals surface area contributed by atoms with Gasteiger partial charge in [0.05, 0.1) is 7.11 Å². The van der Waals surface area contributed by atoms with E-state index >= 15 is 0 Å². The first kappa shape index (κ1) is 12.9. The first-order valence-corrected chi connectivity index (χ1v) is 6.93. The molecule has 1 aliphatic carbocycles. The number of carbonyl (C=O) groups is 1. The molecule has 2 heteroatoms. The lowest BCUT2D eigenvalue weighted by molar-refractivity contribution is -0.115. The highest BCUT2D eigenvalue weighted by Gasteiger charge is 2.20. The molecule has 102 valence electrons. The number of methoxy groups -OCH3 is 1. The van der Waals surface area contributed by atoms with Gasteiger partial charge in [-0.1, -0.05) is 29.8 Å². The van der Waals surface area contributed by atoms with E-state index in [1.807, 2.05) is 19.1 Å². The number of ether oxygens (including phenoxy) is 1. The molecule has 0 radical (unpaired) electrons. The molecule has 0 bridgehead atoms. The maximum atomic E-state index is 11.7. The van der Waals surface area contributed by atoms with Gasteiger partial charge in [0.2, 0.25) is 0 Å². The van der Waals surface area contributed by atoms with Crippen molar-refractivity contribution in [2.45, 2.75) is 25.7 Å².